The highest BCUT2D eigenvalue weighted by Crippen LogP contribution is 2.25. The molecule has 0 unspecified atom stereocenters. The molecule has 3 heterocycles. The van der Waals surface area contributed by atoms with Crippen molar-refractivity contribution in [1.82, 2.24) is 24.4 Å². The maximum Gasteiger partial charge on any atom is 0.248 e. The van der Waals surface area contributed by atoms with Crippen molar-refractivity contribution < 1.29 is 9.59 Å². The minimum absolute atomic E-state index is 0.203. The second kappa shape index (κ2) is 8.48. The lowest BCUT2D eigenvalue weighted by molar-refractivity contribution is -0.127. The number of aromatic nitrogens is 4. The van der Waals surface area contributed by atoms with Crippen molar-refractivity contribution in [3.05, 3.63) is 36.2 Å². The van der Waals surface area contributed by atoms with Crippen LogP contribution in [0, 0.1) is 0 Å². The number of hydrogen-bond donors (Lipinski definition) is 2. The number of imidazole rings is 1. The van der Waals surface area contributed by atoms with Crippen LogP contribution in [0.25, 0.3) is 22.6 Å². The molecular weight excluding hydrogens is 382 g/mol. The summed E-state index contributed by atoms with van der Waals surface area (Å²) >= 11 is 0. The standard InChI is InChI=1S/C21H25N7O2/c1-2-9-23-20-17-21(28(13-24-17)12-11-27-10-3-4-16(27)29)26-19(25-20)15-7-5-14(6-8-15)18(22)30/h5-8,13H,2-4,9-12H2,1H3,(H2,22,30)(H,23,25,26). The second-order valence-electron chi connectivity index (χ2n) is 7.36. The molecule has 4 rings (SSSR count). The monoisotopic (exact) mass is 407 g/mol. The first kappa shape index (κ1) is 19.8. The smallest absolute Gasteiger partial charge is 0.248 e. The Labute approximate surface area is 174 Å². The topological polar surface area (TPSA) is 119 Å². The van der Waals surface area contributed by atoms with Gasteiger partial charge in [0.25, 0.3) is 0 Å². The van der Waals surface area contributed by atoms with E-state index in [0.29, 0.717) is 47.9 Å². The first-order valence-electron chi connectivity index (χ1n) is 10.2. The van der Waals surface area contributed by atoms with E-state index in [-0.39, 0.29) is 5.91 Å². The van der Waals surface area contributed by atoms with Crippen LogP contribution < -0.4 is 11.1 Å². The largest absolute Gasteiger partial charge is 0.368 e. The van der Waals surface area contributed by atoms with Crippen LogP contribution in [0.15, 0.2) is 30.6 Å². The van der Waals surface area contributed by atoms with Crippen molar-refractivity contribution in [2.45, 2.75) is 32.7 Å². The lowest BCUT2D eigenvalue weighted by Gasteiger charge is -2.16. The van der Waals surface area contributed by atoms with Gasteiger partial charge in [0.2, 0.25) is 11.8 Å². The molecule has 0 atom stereocenters. The van der Waals surface area contributed by atoms with Crippen LogP contribution in [0.4, 0.5) is 5.82 Å². The van der Waals surface area contributed by atoms with Crippen molar-refractivity contribution in [3.63, 3.8) is 0 Å². The fraction of sp³-hybridized carbons (Fsp3) is 0.381. The van der Waals surface area contributed by atoms with E-state index in [4.69, 9.17) is 10.7 Å². The third-order valence-electron chi connectivity index (χ3n) is 5.22. The molecule has 9 heteroatoms. The average Bonchev–Trinajstić information content (AvgIpc) is 3.36. The summed E-state index contributed by atoms with van der Waals surface area (Å²) in [5.74, 6) is 0.940. The van der Waals surface area contributed by atoms with E-state index in [2.05, 4.69) is 22.2 Å². The van der Waals surface area contributed by atoms with Crippen molar-refractivity contribution in [2.24, 2.45) is 5.73 Å². The number of primary amides is 1. The molecule has 1 fully saturated rings. The van der Waals surface area contributed by atoms with E-state index in [1.54, 1.807) is 30.6 Å². The van der Waals surface area contributed by atoms with Gasteiger partial charge in [-0.1, -0.05) is 19.1 Å². The predicted molar refractivity (Wildman–Crippen MR) is 114 cm³/mol. The van der Waals surface area contributed by atoms with Gasteiger partial charge in [-0.2, -0.15) is 0 Å². The molecule has 3 N–H and O–H groups in total. The molecule has 1 aliphatic heterocycles. The van der Waals surface area contributed by atoms with Gasteiger partial charge in [0.05, 0.1) is 6.33 Å². The number of carbonyl (C=O) groups excluding carboxylic acids is 2. The van der Waals surface area contributed by atoms with Crippen LogP contribution in [0.2, 0.25) is 0 Å². The summed E-state index contributed by atoms with van der Waals surface area (Å²) < 4.78 is 1.96. The Morgan fingerprint density at radius 2 is 2.00 bits per heavy atom. The lowest BCUT2D eigenvalue weighted by atomic mass is 10.1. The molecule has 0 radical (unpaired) electrons. The van der Waals surface area contributed by atoms with Crippen molar-refractivity contribution >= 4 is 28.8 Å². The zero-order chi connectivity index (χ0) is 21.1. The normalized spacial score (nSPS) is 13.9. The molecule has 3 aromatic rings. The van der Waals surface area contributed by atoms with E-state index in [0.717, 1.165) is 31.5 Å². The molecule has 1 saturated heterocycles. The molecule has 0 spiro atoms. The number of rotatable bonds is 8. The highest BCUT2D eigenvalue weighted by Gasteiger charge is 2.20. The van der Waals surface area contributed by atoms with Gasteiger partial charge in [-0.15, -0.1) is 0 Å². The van der Waals surface area contributed by atoms with Gasteiger partial charge >= 0.3 is 0 Å². The maximum atomic E-state index is 11.9. The Kier molecular flexibility index (Phi) is 5.60. The van der Waals surface area contributed by atoms with Crippen LogP contribution in [0.1, 0.15) is 36.5 Å². The summed E-state index contributed by atoms with van der Waals surface area (Å²) in [6, 6.07) is 6.91. The average molecular weight is 407 g/mol. The van der Waals surface area contributed by atoms with Gasteiger partial charge in [0.15, 0.2) is 17.3 Å². The van der Waals surface area contributed by atoms with Crippen LogP contribution >= 0.6 is 0 Å². The minimum Gasteiger partial charge on any atom is -0.368 e. The van der Waals surface area contributed by atoms with Crippen LogP contribution in [0.3, 0.4) is 0 Å². The summed E-state index contributed by atoms with van der Waals surface area (Å²) in [4.78, 5) is 39.1. The molecular formula is C21H25N7O2. The number of likely N-dealkylation sites (tertiary alicyclic amines) is 1. The number of anilines is 1. The number of benzene rings is 1. The highest BCUT2D eigenvalue weighted by atomic mass is 16.2. The molecule has 1 aromatic carbocycles. The Morgan fingerprint density at radius 3 is 2.67 bits per heavy atom. The van der Waals surface area contributed by atoms with Gasteiger partial charge in [0, 0.05) is 43.7 Å². The molecule has 0 saturated carbocycles. The number of amides is 2. The van der Waals surface area contributed by atoms with Crippen molar-refractivity contribution in [3.8, 4) is 11.4 Å². The van der Waals surface area contributed by atoms with Gasteiger partial charge in [-0.3, -0.25) is 9.59 Å². The summed E-state index contributed by atoms with van der Waals surface area (Å²) in [6.45, 7) is 4.91. The van der Waals surface area contributed by atoms with Crippen LogP contribution in [-0.4, -0.2) is 55.9 Å². The Morgan fingerprint density at radius 1 is 1.20 bits per heavy atom. The number of carbonyl (C=O) groups is 2. The summed E-state index contributed by atoms with van der Waals surface area (Å²) in [6.07, 6.45) is 4.24. The minimum atomic E-state index is -0.474. The van der Waals surface area contributed by atoms with E-state index < -0.39 is 5.91 Å². The Hall–Kier alpha value is -3.49. The van der Waals surface area contributed by atoms with Crippen LogP contribution in [-0.2, 0) is 11.3 Å². The van der Waals surface area contributed by atoms with Gasteiger partial charge in [0.1, 0.15) is 5.52 Å². The van der Waals surface area contributed by atoms with Crippen LogP contribution in [0.5, 0.6) is 0 Å². The quantitative estimate of drug-likeness (QED) is 0.590. The number of nitrogens with two attached hydrogens (primary N) is 1. The molecule has 0 aliphatic carbocycles. The first-order valence-corrected chi connectivity index (χ1v) is 10.2. The Balaban J connectivity index is 1.69. The fourth-order valence-electron chi connectivity index (χ4n) is 3.56. The van der Waals surface area contributed by atoms with E-state index in [1.165, 1.54) is 0 Å². The van der Waals surface area contributed by atoms with Gasteiger partial charge in [-0.25, -0.2) is 15.0 Å². The molecule has 0 bridgehead atoms. The third-order valence-corrected chi connectivity index (χ3v) is 5.22. The summed E-state index contributed by atoms with van der Waals surface area (Å²) in [5, 5.41) is 3.33. The zero-order valence-corrected chi connectivity index (χ0v) is 17.0. The maximum absolute atomic E-state index is 11.9. The molecule has 9 nitrogen and oxygen atoms in total. The summed E-state index contributed by atoms with van der Waals surface area (Å²) in [7, 11) is 0. The number of nitrogens with zero attached hydrogens (tertiary/aromatic N) is 5. The van der Waals surface area contributed by atoms with E-state index in [1.807, 2.05) is 9.47 Å². The first-order chi connectivity index (χ1) is 14.6. The van der Waals surface area contributed by atoms with Gasteiger partial charge in [-0.05, 0) is 25.0 Å². The molecule has 1 aliphatic rings. The van der Waals surface area contributed by atoms with E-state index >= 15 is 0 Å². The SMILES string of the molecule is CCCNc1nc(-c2ccc(C(N)=O)cc2)nc2c1ncn2CCN1CCCC1=O. The second-order valence-corrected chi connectivity index (χ2v) is 7.36. The van der Waals surface area contributed by atoms with Crippen molar-refractivity contribution in [2.75, 3.05) is 25.0 Å². The molecule has 2 aromatic heterocycles. The highest BCUT2D eigenvalue weighted by molar-refractivity contribution is 5.93. The zero-order valence-electron chi connectivity index (χ0n) is 17.0. The summed E-state index contributed by atoms with van der Waals surface area (Å²) in [5.41, 5.74) is 7.97. The third kappa shape index (κ3) is 3.96. The molecule has 30 heavy (non-hydrogen) atoms. The number of hydrogen-bond acceptors (Lipinski definition) is 6. The number of fused-ring (bicyclic) bond motifs is 1. The molecule has 156 valence electrons. The van der Waals surface area contributed by atoms with Gasteiger partial charge < -0.3 is 20.5 Å². The molecule has 2 amide bonds. The van der Waals surface area contributed by atoms with E-state index in [9.17, 15) is 9.59 Å². The Bertz CT molecular complexity index is 1070. The number of nitrogens with one attached hydrogen (secondary N) is 1. The fourth-order valence-corrected chi connectivity index (χ4v) is 3.56. The van der Waals surface area contributed by atoms with Crippen molar-refractivity contribution in [1.29, 1.82) is 0 Å². The predicted octanol–water partition coefficient (Wildman–Crippen LogP) is 2.04. The lowest BCUT2D eigenvalue weighted by Crippen LogP contribution is -2.28.